The van der Waals surface area contributed by atoms with Gasteiger partial charge in [0.05, 0.1) is 18.0 Å². The molecule has 1 heterocycles. The van der Waals surface area contributed by atoms with Crippen LogP contribution >= 0.6 is 15.9 Å². The summed E-state index contributed by atoms with van der Waals surface area (Å²) in [7, 11) is 0. The predicted octanol–water partition coefficient (Wildman–Crippen LogP) is 3.59. The van der Waals surface area contributed by atoms with Crippen LogP contribution in [0.3, 0.4) is 0 Å². The standard InChI is InChI=1S/C23H24BrF4N5O5/c1-12(31-19(35)18(34)30-10-16(25)26)9-22(11-29)4-6-23(7-5-22)17(32-33-21(36)38-23)14-8-13(37-20(27)28)2-3-15(14)24/h2-3,8,12,16,20H,4-7,9-10H2,1H3,(H,30,34)(H,31,35)(H,33,36)/t12-,22?,23?/m0/s1. The zero-order valence-corrected chi connectivity index (χ0v) is 21.6. The fraction of sp³-hybridized carbons (Fsp3) is 0.522. The fourth-order valence-corrected chi connectivity index (χ4v) is 5.06. The predicted molar refractivity (Wildman–Crippen MR) is 127 cm³/mol. The van der Waals surface area contributed by atoms with Gasteiger partial charge in [0.15, 0.2) is 5.60 Å². The number of ether oxygens (including phenoxy) is 2. The van der Waals surface area contributed by atoms with E-state index in [0.29, 0.717) is 10.0 Å². The highest BCUT2D eigenvalue weighted by molar-refractivity contribution is 9.10. The first-order valence-electron chi connectivity index (χ1n) is 11.5. The Labute approximate surface area is 223 Å². The summed E-state index contributed by atoms with van der Waals surface area (Å²) in [6, 6.07) is 5.76. The lowest BCUT2D eigenvalue weighted by Crippen LogP contribution is -2.54. The first-order chi connectivity index (χ1) is 17.9. The Morgan fingerprint density at radius 3 is 2.53 bits per heavy atom. The summed E-state index contributed by atoms with van der Waals surface area (Å²) < 4.78 is 60.7. The molecule has 38 heavy (non-hydrogen) atoms. The number of carbonyl (C=O) groups is 3. The Morgan fingerprint density at radius 1 is 1.24 bits per heavy atom. The second-order valence-corrected chi connectivity index (χ2v) is 9.90. The van der Waals surface area contributed by atoms with Gasteiger partial charge in [0.25, 0.3) is 6.43 Å². The highest BCUT2D eigenvalue weighted by atomic mass is 79.9. The molecule has 1 aromatic rings. The van der Waals surface area contributed by atoms with E-state index < -0.39 is 54.5 Å². The quantitative estimate of drug-likeness (QED) is 0.305. The van der Waals surface area contributed by atoms with Crippen LogP contribution < -0.4 is 20.8 Å². The Hall–Kier alpha value is -3.41. The number of rotatable bonds is 8. The first-order valence-corrected chi connectivity index (χ1v) is 12.3. The average molecular weight is 606 g/mol. The third kappa shape index (κ3) is 6.91. The lowest BCUT2D eigenvalue weighted by molar-refractivity contribution is -0.140. The number of nitrogens with zero attached hydrogens (tertiary/aromatic N) is 2. The van der Waals surface area contributed by atoms with Gasteiger partial charge < -0.3 is 20.1 Å². The number of alkyl halides is 4. The first kappa shape index (κ1) is 29.2. The van der Waals surface area contributed by atoms with Crippen LogP contribution in [0, 0.1) is 16.7 Å². The van der Waals surface area contributed by atoms with Crippen molar-refractivity contribution in [3.8, 4) is 11.8 Å². The van der Waals surface area contributed by atoms with Crippen molar-refractivity contribution in [1.82, 2.24) is 16.1 Å². The fourth-order valence-electron chi connectivity index (χ4n) is 4.63. The van der Waals surface area contributed by atoms with Gasteiger partial charge in [-0.2, -0.15) is 19.1 Å². The Morgan fingerprint density at radius 2 is 1.92 bits per heavy atom. The van der Waals surface area contributed by atoms with E-state index in [1.165, 1.54) is 18.2 Å². The smallest absolute Gasteiger partial charge is 0.428 e. The number of hydrogen-bond acceptors (Lipinski definition) is 7. The molecule has 0 unspecified atom stereocenters. The molecule has 3 rings (SSSR count). The van der Waals surface area contributed by atoms with Crippen LogP contribution in [-0.4, -0.2) is 54.8 Å². The van der Waals surface area contributed by atoms with Crippen molar-refractivity contribution in [3.63, 3.8) is 0 Å². The van der Waals surface area contributed by atoms with Crippen LogP contribution in [-0.2, 0) is 14.3 Å². The molecule has 1 fully saturated rings. The molecule has 1 saturated carbocycles. The Kier molecular flexibility index (Phi) is 9.18. The third-order valence-electron chi connectivity index (χ3n) is 6.35. The summed E-state index contributed by atoms with van der Waals surface area (Å²) in [6.45, 7) is -2.44. The van der Waals surface area contributed by atoms with Gasteiger partial charge in [-0.1, -0.05) is 15.9 Å². The molecule has 0 bridgehead atoms. The molecular formula is C23H24BrF4N5O5. The number of nitrogens with one attached hydrogen (secondary N) is 3. The van der Waals surface area contributed by atoms with Crippen LogP contribution in [0.25, 0.3) is 0 Å². The molecule has 3 amide bonds. The van der Waals surface area contributed by atoms with Crippen molar-refractivity contribution < 1.29 is 41.4 Å². The van der Waals surface area contributed by atoms with E-state index in [0.717, 1.165) is 0 Å². The summed E-state index contributed by atoms with van der Waals surface area (Å²) >= 11 is 3.36. The summed E-state index contributed by atoms with van der Waals surface area (Å²) in [4.78, 5) is 35.8. The molecule has 0 saturated heterocycles. The normalized spacial score (nSPS) is 23.7. The van der Waals surface area contributed by atoms with Crippen molar-refractivity contribution in [2.75, 3.05) is 6.54 Å². The van der Waals surface area contributed by atoms with Crippen LogP contribution in [0.4, 0.5) is 22.4 Å². The summed E-state index contributed by atoms with van der Waals surface area (Å²) in [5.41, 5.74) is 0.590. The maximum atomic E-state index is 12.8. The number of hydrogen-bond donors (Lipinski definition) is 3. The molecule has 1 aliphatic carbocycles. The Balaban J connectivity index is 1.75. The Bertz CT molecular complexity index is 1150. The van der Waals surface area contributed by atoms with E-state index in [1.54, 1.807) is 6.92 Å². The van der Waals surface area contributed by atoms with Gasteiger partial charge in [-0.3, -0.25) is 9.59 Å². The monoisotopic (exact) mass is 605 g/mol. The molecule has 2 aliphatic rings. The number of hydrazone groups is 1. The van der Waals surface area contributed by atoms with E-state index in [9.17, 15) is 37.2 Å². The van der Waals surface area contributed by atoms with E-state index in [4.69, 9.17) is 4.74 Å². The van der Waals surface area contributed by atoms with Crippen molar-refractivity contribution >= 4 is 39.5 Å². The zero-order valence-electron chi connectivity index (χ0n) is 20.0. The average Bonchev–Trinajstić information content (AvgIpc) is 2.85. The van der Waals surface area contributed by atoms with Gasteiger partial charge in [-0.05, 0) is 57.2 Å². The van der Waals surface area contributed by atoms with Crippen molar-refractivity contribution in [2.45, 2.75) is 63.7 Å². The number of carbonyl (C=O) groups excluding carboxylic acids is 3. The third-order valence-corrected chi connectivity index (χ3v) is 7.04. The van der Waals surface area contributed by atoms with E-state index in [-0.39, 0.29) is 43.6 Å². The van der Waals surface area contributed by atoms with Crippen molar-refractivity contribution in [3.05, 3.63) is 28.2 Å². The number of nitriles is 1. The number of halogens is 5. The maximum Gasteiger partial charge on any atom is 0.428 e. The molecule has 1 aromatic carbocycles. The van der Waals surface area contributed by atoms with Gasteiger partial charge in [-0.25, -0.2) is 19.0 Å². The van der Waals surface area contributed by atoms with Gasteiger partial charge in [-0.15, -0.1) is 0 Å². The zero-order chi connectivity index (χ0) is 28.1. The summed E-state index contributed by atoms with van der Waals surface area (Å²) in [6.07, 6.45) is -2.78. The molecule has 1 atom stereocenters. The van der Waals surface area contributed by atoms with Crippen molar-refractivity contribution in [2.24, 2.45) is 10.5 Å². The molecule has 1 aliphatic heterocycles. The second kappa shape index (κ2) is 12.0. The van der Waals surface area contributed by atoms with E-state index in [1.807, 2.05) is 5.32 Å². The summed E-state index contributed by atoms with van der Waals surface area (Å²) in [5, 5.41) is 18.4. The van der Waals surface area contributed by atoms with Gasteiger partial charge in [0.2, 0.25) is 0 Å². The van der Waals surface area contributed by atoms with Gasteiger partial charge in [0.1, 0.15) is 11.5 Å². The molecule has 3 N–H and O–H groups in total. The molecule has 206 valence electrons. The minimum Gasteiger partial charge on any atom is -0.435 e. The minimum absolute atomic E-state index is 0.128. The van der Waals surface area contributed by atoms with Crippen LogP contribution in [0.1, 0.15) is 44.6 Å². The maximum absolute atomic E-state index is 12.8. The molecular weight excluding hydrogens is 582 g/mol. The lowest BCUT2D eigenvalue weighted by Gasteiger charge is -2.45. The SMILES string of the molecule is C[C@@H](CC1(C#N)CCC2(CC1)OC(=O)NN=C2c1cc(OC(F)F)ccc1Br)NC(=O)C(=O)NCC(F)F. The topological polar surface area (TPSA) is 142 Å². The number of amides is 3. The van der Waals surface area contributed by atoms with Crippen LogP contribution in [0.5, 0.6) is 5.75 Å². The van der Waals surface area contributed by atoms with E-state index >= 15 is 0 Å². The second-order valence-electron chi connectivity index (χ2n) is 9.05. The molecule has 1 spiro atoms. The highest BCUT2D eigenvalue weighted by Crippen LogP contribution is 2.48. The van der Waals surface area contributed by atoms with Crippen LogP contribution in [0.15, 0.2) is 27.8 Å². The largest absolute Gasteiger partial charge is 0.435 e. The summed E-state index contributed by atoms with van der Waals surface area (Å²) in [5.74, 6) is -2.44. The minimum atomic E-state index is -3.05. The highest BCUT2D eigenvalue weighted by Gasteiger charge is 2.51. The van der Waals surface area contributed by atoms with Crippen LogP contribution in [0.2, 0.25) is 0 Å². The lowest BCUT2D eigenvalue weighted by atomic mass is 9.65. The van der Waals surface area contributed by atoms with Crippen molar-refractivity contribution in [1.29, 1.82) is 5.26 Å². The van der Waals surface area contributed by atoms with Gasteiger partial charge in [0, 0.05) is 16.1 Å². The molecule has 10 nitrogen and oxygen atoms in total. The molecule has 0 radical (unpaired) electrons. The van der Waals surface area contributed by atoms with E-state index in [2.05, 4.69) is 42.6 Å². The molecule has 15 heteroatoms. The number of benzene rings is 1. The van der Waals surface area contributed by atoms with Gasteiger partial charge >= 0.3 is 24.5 Å². The molecule has 0 aromatic heterocycles.